The van der Waals surface area contributed by atoms with Crippen molar-refractivity contribution in [1.29, 1.82) is 0 Å². The number of hydrogen-bond donors (Lipinski definition) is 1. The fraction of sp³-hybridized carbons (Fsp3) is 0.912. The van der Waals surface area contributed by atoms with Gasteiger partial charge in [0.2, 0.25) is 0 Å². The first-order valence-corrected chi connectivity index (χ1v) is 16.9. The Kier molecular flexibility index (Phi) is 10.2. The van der Waals surface area contributed by atoms with Gasteiger partial charge in [0.05, 0.1) is 67.6 Å². The molecular weight excluding hydrogens is 526 g/mol. The summed E-state index contributed by atoms with van der Waals surface area (Å²) in [5.74, 6) is 3.67. The molecule has 4 aliphatic rings. The molecule has 0 heterocycles. The first kappa shape index (κ1) is 33.4. The molecule has 1 N–H and O–H groups in total. The van der Waals surface area contributed by atoms with Gasteiger partial charge in [-0.1, -0.05) is 19.0 Å². The standard InChI is InChI=1S/C34H63N5O3/c1-25(36-42-32(41)37(21-23-39(7,8)9)20-18-35-19-22-38(4,5)6)29-12-13-30-28-11-10-26-24-27(40)14-16-33(26,2)31(28)15-17-34(29,30)3/h26,28-31,35H,10-24H2,1-9H3/q+2/b36-25+/t26-,28-,29+,30-,31-,33-,34+/m0/s1. The second-order valence-electron chi connectivity index (χ2n) is 16.9. The summed E-state index contributed by atoms with van der Waals surface area (Å²) in [5.41, 5.74) is 1.54. The molecule has 0 aliphatic heterocycles. The van der Waals surface area contributed by atoms with E-state index < -0.39 is 0 Å². The number of likely N-dealkylation sites (N-methyl/N-ethyl adjacent to an activating group) is 2. The van der Waals surface area contributed by atoms with Gasteiger partial charge < -0.3 is 14.3 Å². The van der Waals surface area contributed by atoms with E-state index in [-0.39, 0.29) is 11.5 Å². The van der Waals surface area contributed by atoms with Crippen molar-refractivity contribution >= 4 is 17.6 Å². The van der Waals surface area contributed by atoms with Crippen molar-refractivity contribution < 1.29 is 23.4 Å². The quantitative estimate of drug-likeness (QED) is 0.121. The fourth-order valence-electron chi connectivity index (χ4n) is 9.43. The van der Waals surface area contributed by atoms with Crippen molar-refractivity contribution in [1.82, 2.24) is 10.2 Å². The smallest absolute Gasteiger partial charge is 0.330 e. The van der Waals surface area contributed by atoms with Crippen LogP contribution >= 0.6 is 0 Å². The Labute approximate surface area is 256 Å². The molecule has 4 saturated carbocycles. The number of carbonyl (C=O) groups excluding carboxylic acids is 2. The summed E-state index contributed by atoms with van der Waals surface area (Å²) < 4.78 is 1.71. The van der Waals surface area contributed by atoms with Gasteiger partial charge in [-0.05, 0) is 86.4 Å². The molecular formula is C34H63N5O3+2. The zero-order chi connectivity index (χ0) is 30.9. The monoisotopic (exact) mass is 589 g/mol. The Morgan fingerprint density at radius 2 is 1.60 bits per heavy atom. The van der Waals surface area contributed by atoms with Crippen LogP contribution in [0.15, 0.2) is 5.16 Å². The first-order valence-electron chi connectivity index (χ1n) is 16.9. The molecule has 0 aromatic heterocycles. The molecule has 0 aromatic rings. The van der Waals surface area contributed by atoms with Gasteiger partial charge in [0.1, 0.15) is 5.78 Å². The zero-order valence-corrected chi connectivity index (χ0v) is 28.5. The van der Waals surface area contributed by atoms with E-state index in [4.69, 9.17) is 4.84 Å². The number of amides is 1. The van der Waals surface area contributed by atoms with Crippen LogP contribution in [0.5, 0.6) is 0 Å². The summed E-state index contributed by atoms with van der Waals surface area (Å²) in [7, 11) is 13.0. The summed E-state index contributed by atoms with van der Waals surface area (Å²) in [6.07, 6.45) is 9.73. The van der Waals surface area contributed by atoms with Crippen LogP contribution in [0.3, 0.4) is 0 Å². The third-order valence-corrected chi connectivity index (χ3v) is 12.1. The highest BCUT2D eigenvalue weighted by atomic mass is 16.7. The number of nitrogens with one attached hydrogen (secondary N) is 1. The molecule has 0 radical (unpaired) electrons. The molecule has 8 nitrogen and oxygen atoms in total. The zero-order valence-electron chi connectivity index (χ0n) is 28.5. The molecule has 0 aromatic carbocycles. The van der Waals surface area contributed by atoms with Crippen LogP contribution in [0.1, 0.15) is 78.6 Å². The molecule has 0 spiro atoms. The molecule has 4 fully saturated rings. The van der Waals surface area contributed by atoms with E-state index >= 15 is 0 Å². The van der Waals surface area contributed by atoms with E-state index in [0.29, 0.717) is 42.0 Å². The van der Waals surface area contributed by atoms with Crippen LogP contribution in [0, 0.1) is 40.4 Å². The number of ketones is 1. The molecule has 7 atom stereocenters. The van der Waals surface area contributed by atoms with Crippen molar-refractivity contribution in [3.8, 4) is 0 Å². The molecule has 4 aliphatic carbocycles. The number of rotatable bonds is 11. The van der Waals surface area contributed by atoms with Crippen LogP contribution < -0.4 is 5.32 Å². The van der Waals surface area contributed by atoms with Crippen LogP contribution in [0.4, 0.5) is 4.79 Å². The fourth-order valence-corrected chi connectivity index (χ4v) is 9.43. The van der Waals surface area contributed by atoms with Crippen molar-refractivity contribution in [2.75, 3.05) is 81.6 Å². The average molecular weight is 590 g/mol. The van der Waals surface area contributed by atoms with Crippen LogP contribution in [0.25, 0.3) is 0 Å². The van der Waals surface area contributed by atoms with Crippen molar-refractivity contribution in [2.45, 2.75) is 78.6 Å². The Morgan fingerprint density at radius 3 is 2.29 bits per heavy atom. The molecule has 0 bridgehead atoms. The normalized spacial score (nSPS) is 35.3. The highest BCUT2D eigenvalue weighted by Gasteiger charge is 2.60. The van der Waals surface area contributed by atoms with E-state index in [1.165, 1.54) is 32.1 Å². The topological polar surface area (TPSA) is 71.0 Å². The molecule has 4 rings (SSSR count). The van der Waals surface area contributed by atoms with Gasteiger partial charge in [-0.15, -0.1) is 0 Å². The van der Waals surface area contributed by atoms with Crippen LogP contribution in [-0.2, 0) is 9.63 Å². The molecule has 0 unspecified atom stereocenters. The van der Waals surface area contributed by atoms with E-state index in [9.17, 15) is 9.59 Å². The minimum Gasteiger partial charge on any atom is -0.330 e. The van der Waals surface area contributed by atoms with E-state index in [2.05, 4.69) is 73.5 Å². The van der Waals surface area contributed by atoms with E-state index in [0.717, 1.165) is 78.4 Å². The summed E-state index contributed by atoms with van der Waals surface area (Å²) in [4.78, 5) is 33.0. The van der Waals surface area contributed by atoms with E-state index in [1.54, 1.807) is 0 Å². The Morgan fingerprint density at radius 1 is 0.905 bits per heavy atom. The Bertz CT molecular complexity index is 1000. The third-order valence-electron chi connectivity index (χ3n) is 12.1. The lowest BCUT2D eigenvalue weighted by Crippen LogP contribution is -2.53. The van der Waals surface area contributed by atoms with Crippen LogP contribution in [0.2, 0.25) is 0 Å². The Hall–Kier alpha value is -1.51. The number of nitrogens with zero attached hydrogens (tertiary/aromatic N) is 4. The number of quaternary nitrogens is 2. The van der Waals surface area contributed by atoms with Gasteiger partial charge in [0.25, 0.3) is 0 Å². The second-order valence-corrected chi connectivity index (χ2v) is 16.9. The predicted molar refractivity (Wildman–Crippen MR) is 170 cm³/mol. The van der Waals surface area contributed by atoms with E-state index in [1.807, 2.05) is 4.90 Å². The lowest BCUT2D eigenvalue weighted by Gasteiger charge is -2.60. The number of carbonyl (C=O) groups is 2. The first-order chi connectivity index (χ1) is 19.5. The maximum Gasteiger partial charge on any atom is 0.436 e. The minimum absolute atomic E-state index is 0.216. The highest BCUT2D eigenvalue weighted by Crippen LogP contribution is 2.67. The van der Waals surface area contributed by atoms with Gasteiger partial charge in [0.15, 0.2) is 0 Å². The van der Waals surface area contributed by atoms with Crippen LogP contribution in [-0.4, -0.2) is 113 Å². The SMILES string of the molecule is C/C(=N\OC(=O)N(CCNCC[N+](C)(C)C)CC[N+](C)(C)C)[C@H]1CC[C@H]2[C@@H]3CC[C@H]4CC(=O)CC[C@]4(C)[C@H]3CC[C@]12C. The maximum absolute atomic E-state index is 13.3. The summed E-state index contributed by atoms with van der Waals surface area (Å²) >= 11 is 0. The molecule has 240 valence electrons. The van der Waals surface area contributed by atoms with Crippen molar-refractivity contribution in [3.05, 3.63) is 0 Å². The van der Waals surface area contributed by atoms with Gasteiger partial charge in [-0.3, -0.25) is 14.5 Å². The lowest BCUT2D eigenvalue weighted by atomic mass is 9.44. The maximum atomic E-state index is 13.3. The number of oxime groups is 1. The van der Waals surface area contributed by atoms with Crippen molar-refractivity contribution in [2.24, 2.45) is 45.6 Å². The van der Waals surface area contributed by atoms with Gasteiger partial charge in [0, 0.05) is 38.4 Å². The lowest BCUT2D eigenvalue weighted by molar-refractivity contribution is -0.869. The summed E-state index contributed by atoms with van der Waals surface area (Å²) in [5, 5.41) is 8.03. The number of Topliss-reactive ketones (excluding diaryl/α,β-unsaturated/α-hetero) is 1. The number of hydrogen-bond acceptors (Lipinski definition) is 5. The predicted octanol–water partition coefficient (Wildman–Crippen LogP) is 5.03. The average Bonchev–Trinajstić information content (AvgIpc) is 3.25. The second kappa shape index (κ2) is 12.8. The molecule has 1 amide bonds. The van der Waals surface area contributed by atoms with Crippen molar-refractivity contribution in [3.63, 3.8) is 0 Å². The molecule has 0 saturated heterocycles. The Balaban J connectivity index is 1.37. The summed E-state index contributed by atoms with van der Waals surface area (Å²) in [6.45, 7) is 11.9. The number of fused-ring (bicyclic) bond motifs is 5. The molecule has 8 heteroatoms. The highest BCUT2D eigenvalue weighted by molar-refractivity contribution is 5.85. The minimum atomic E-state index is -0.335. The largest absolute Gasteiger partial charge is 0.436 e. The summed E-state index contributed by atoms with van der Waals surface area (Å²) in [6, 6.07) is 0. The van der Waals surface area contributed by atoms with Gasteiger partial charge >= 0.3 is 6.09 Å². The third kappa shape index (κ3) is 7.58. The van der Waals surface area contributed by atoms with Gasteiger partial charge in [-0.2, -0.15) is 0 Å². The van der Waals surface area contributed by atoms with Gasteiger partial charge in [-0.25, -0.2) is 4.79 Å². The molecule has 42 heavy (non-hydrogen) atoms.